The van der Waals surface area contributed by atoms with E-state index in [4.69, 9.17) is 21.6 Å². The van der Waals surface area contributed by atoms with Crippen molar-refractivity contribution < 1.29 is 8.42 Å². The molecule has 6 nitrogen and oxygen atoms in total. The molecule has 0 spiro atoms. The van der Waals surface area contributed by atoms with E-state index < -0.39 is 10.0 Å². The number of aryl methyl sites for hydroxylation is 2. The molecule has 1 aliphatic heterocycles. The average Bonchev–Trinajstić information content (AvgIpc) is 3.10. The van der Waals surface area contributed by atoms with Gasteiger partial charge < -0.3 is 4.90 Å². The van der Waals surface area contributed by atoms with E-state index in [0.717, 1.165) is 29.3 Å². The van der Waals surface area contributed by atoms with Gasteiger partial charge in [-0.25, -0.2) is 18.4 Å². The number of rotatable bonds is 3. The summed E-state index contributed by atoms with van der Waals surface area (Å²) >= 11 is 7.72. The Morgan fingerprint density at radius 2 is 1.81 bits per heavy atom. The SMILES string of the molecule is Cc1nc(N2CCN(S(=O)(=O)c3ccc(Cl)cc3)CC2)c2c3c(sc2n1)CC(C)CC3. The van der Waals surface area contributed by atoms with Crippen LogP contribution in [0.4, 0.5) is 5.82 Å². The highest BCUT2D eigenvalue weighted by Crippen LogP contribution is 2.41. The summed E-state index contributed by atoms with van der Waals surface area (Å²) in [6, 6.07) is 6.37. The largest absolute Gasteiger partial charge is 0.353 e. The van der Waals surface area contributed by atoms with Crippen LogP contribution in [0.15, 0.2) is 29.2 Å². The highest BCUT2D eigenvalue weighted by atomic mass is 35.5. The lowest BCUT2D eigenvalue weighted by Crippen LogP contribution is -2.49. The fraction of sp³-hybridized carbons (Fsp3) is 0.455. The first-order valence-electron chi connectivity index (χ1n) is 10.6. The molecule has 0 saturated carbocycles. The number of sulfonamides is 1. The molecule has 2 aliphatic rings. The molecule has 0 N–H and O–H groups in total. The molecular weight excluding hydrogens is 452 g/mol. The Morgan fingerprint density at radius 3 is 2.52 bits per heavy atom. The molecule has 0 amide bonds. The smallest absolute Gasteiger partial charge is 0.243 e. The van der Waals surface area contributed by atoms with Gasteiger partial charge in [-0.1, -0.05) is 18.5 Å². The van der Waals surface area contributed by atoms with Gasteiger partial charge in [0.2, 0.25) is 10.0 Å². The molecule has 1 aliphatic carbocycles. The number of aromatic nitrogens is 2. The number of anilines is 1. The Labute approximate surface area is 191 Å². The molecule has 2 aromatic heterocycles. The zero-order valence-corrected chi connectivity index (χ0v) is 20.0. The number of nitrogens with zero attached hydrogens (tertiary/aromatic N) is 4. The van der Waals surface area contributed by atoms with Crippen LogP contribution in [0.25, 0.3) is 10.2 Å². The third-order valence-corrected chi connectivity index (χ3v) is 9.55. The van der Waals surface area contributed by atoms with Gasteiger partial charge in [-0.2, -0.15) is 4.31 Å². The van der Waals surface area contributed by atoms with Crippen LogP contribution >= 0.6 is 22.9 Å². The minimum absolute atomic E-state index is 0.284. The van der Waals surface area contributed by atoms with Gasteiger partial charge in [-0.15, -0.1) is 11.3 Å². The molecule has 1 unspecified atom stereocenters. The lowest BCUT2D eigenvalue weighted by molar-refractivity contribution is 0.384. The zero-order valence-electron chi connectivity index (χ0n) is 17.6. The van der Waals surface area contributed by atoms with Crippen molar-refractivity contribution in [3.63, 3.8) is 0 Å². The van der Waals surface area contributed by atoms with Crippen LogP contribution in [0.3, 0.4) is 0 Å². The van der Waals surface area contributed by atoms with E-state index >= 15 is 0 Å². The number of thiophene rings is 1. The third-order valence-electron chi connectivity index (χ3n) is 6.24. The molecule has 1 fully saturated rings. The van der Waals surface area contributed by atoms with Gasteiger partial charge in [-0.05, 0) is 61.9 Å². The van der Waals surface area contributed by atoms with Crippen molar-refractivity contribution in [3.8, 4) is 0 Å². The molecule has 3 aromatic rings. The first-order valence-corrected chi connectivity index (χ1v) is 13.3. The quantitative estimate of drug-likeness (QED) is 0.564. The molecule has 1 saturated heterocycles. The van der Waals surface area contributed by atoms with E-state index in [0.29, 0.717) is 37.1 Å². The van der Waals surface area contributed by atoms with Crippen LogP contribution in [0.1, 0.15) is 29.6 Å². The first kappa shape index (κ1) is 21.1. The van der Waals surface area contributed by atoms with Crippen LogP contribution in [0.2, 0.25) is 5.02 Å². The maximum absolute atomic E-state index is 13.0. The van der Waals surface area contributed by atoms with Crippen LogP contribution in [0.5, 0.6) is 0 Å². The molecule has 0 bridgehead atoms. The zero-order chi connectivity index (χ0) is 21.8. The maximum Gasteiger partial charge on any atom is 0.243 e. The number of halogens is 1. The summed E-state index contributed by atoms with van der Waals surface area (Å²) in [4.78, 5) is 14.6. The fourth-order valence-electron chi connectivity index (χ4n) is 4.55. The standard InChI is InChI=1S/C22H25ClN4O2S2/c1-14-3-8-18-19(13-14)30-22-20(18)21(24-15(2)25-22)26-9-11-27(12-10-26)31(28,29)17-6-4-16(23)5-7-17/h4-7,14H,3,8-13H2,1-2H3. The fourth-order valence-corrected chi connectivity index (χ4v) is 7.52. The summed E-state index contributed by atoms with van der Waals surface area (Å²) < 4.78 is 27.6. The Kier molecular flexibility index (Phi) is 5.45. The second-order valence-corrected chi connectivity index (χ2v) is 11.9. The van der Waals surface area contributed by atoms with E-state index in [9.17, 15) is 8.42 Å². The van der Waals surface area contributed by atoms with Crippen molar-refractivity contribution in [2.24, 2.45) is 5.92 Å². The Balaban J connectivity index is 1.42. The van der Waals surface area contributed by atoms with Crippen LogP contribution < -0.4 is 4.90 Å². The van der Waals surface area contributed by atoms with E-state index in [-0.39, 0.29) is 4.90 Å². The van der Waals surface area contributed by atoms with Crippen molar-refractivity contribution in [1.82, 2.24) is 14.3 Å². The predicted molar refractivity (Wildman–Crippen MR) is 126 cm³/mol. The third kappa shape index (κ3) is 3.84. The van der Waals surface area contributed by atoms with Crippen LogP contribution in [0, 0.1) is 12.8 Å². The first-order chi connectivity index (χ1) is 14.8. The minimum atomic E-state index is -3.53. The Hall–Kier alpha value is -1.74. The highest BCUT2D eigenvalue weighted by Gasteiger charge is 2.31. The van der Waals surface area contributed by atoms with Gasteiger partial charge in [0.25, 0.3) is 0 Å². The molecule has 0 radical (unpaired) electrons. The number of hydrogen-bond acceptors (Lipinski definition) is 6. The molecule has 164 valence electrons. The second-order valence-electron chi connectivity index (χ2n) is 8.47. The van der Waals surface area contributed by atoms with Crippen molar-refractivity contribution in [2.75, 3.05) is 31.1 Å². The van der Waals surface area contributed by atoms with Gasteiger partial charge in [0.05, 0.1) is 10.3 Å². The van der Waals surface area contributed by atoms with Crippen molar-refractivity contribution in [3.05, 3.63) is 45.6 Å². The van der Waals surface area contributed by atoms with Crippen LogP contribution in [-0.2, 0) is 22.9 Å². The van der Waals surface area contributed by atoms with Gasteiger partial charge in [0.1, 0.15) is 16.5 Å². The average molecular weight is 477 g/mol. The number of benzene rings is 1. The monoisotopic (exact) mass is 476 g/mol. The van der Waals surface area contributed by atoms with Gasteiger partial charge in [0.15, 0.2) is 0 Å². The van der Waals surface area contributed by atoms with Crippen molar-refractivity contribution >= 4 is 49.0 Å². The summed E-state index contributed by atoms with van der Waals surface area (Å²) in [5.41, 5.74) is 1.41. The van der Waals surface area contributed by atoms with E-state index in [1.165, 1.54) is 22.2 Å². The van der Waals surface area contributed by atoms with E-state index in [1.807, 2.05) is 6.92 Å². The summed E-state index contributed by atoms with van der Waals surface area (Å²) in [5, 5.41) is 1.71. The minimum Gasteiger partial charge on any atom is -0.353 e. The second kappa shape index (κ2) is 7.99. The number of hydrogen-bond donors (Lipinski definition) is 0. The summed E-state index contributed by atoms with van der Waals surface area (Å²) in [6.07, 6.45) is 3.38. The molecule has 5 rings (SSSR count). The van der Waals surface area contributed by atoms with Crippen molar-refractivity contribution in [1.29, 1.82) is 0 Å². The Bertz CT molecular complexity index is 1230. The summed E-state index contributed by atoms with van der Waals surface area (Å²) in [7, 11) is -3.53. The lowest BCUT2D eigenvalue weighted by atomic mass is 9.89. The molecule has 31 heavy (non-hydrogen) atoms. The van der Waals surface area contributed by atoms with E-state index in [2.05, 4.69) is 11.8 Å². The summed E-state index contributed by atoms with van der Waals surface area (Å²) in [6.45, 7) is 6.33. The number of piperazine rings is 1. The van der Waals surface area contributed by atoms with Gasteiger partial charge >= 0.3 is 0 Å². The maximum atomic E-state index is 13.0. The van der Waals surface area contributed by atoms with Crippen LogP contribution in [-0.4, -0.2) is 48.9 Å². The highest BCUT2D eigenvalue weighted by molar-refractivity contribution is 7.89. The molecular formula is C22H25ClN4O2S2. The topological polar surface area (TPSA) is 66.4 Å². The van der Waals surface area contributed by atoms with Gasteiger partial charge in [-0.3, -0.25) is 0 Å². The molecule has 1 aromatic carbocycles. The molecule has 9 heteroatoms. The van der Waals surface area contributed by atoms with Crippen molar-refractivity contribution in [2.45, 2.75) is 38.0 Å². The molecule has 1 atom stereocenters. The molecule has 3 heterocycles. The summed E-state index contributed by atoms with van der Waals surface area (Å²) in [5.74, 6) is 2.45. The Morgan fingerprint density at radius 1 is 1.10 bits per heavy atom. The predicted octanol–water partition coefficient (Wildman–Crippen LogP) is 4.29. The number of fused-ring (bicyclic) bond motifs is 3. The van der Waals surface area contributed by atoms with Gasteiger partial charge in [0, 0.05) is 36.1 Å². The lowest BCUT2D eigenvalue weighted by Gasteiger charge is -2.35. The normalized spacial score (nSPS) is 20.2. The van der Waals surface area contributed by atoms with E-state index in [1.54, 1.807) is 39.9 Å².